The Kier molecular flexibility index (Phi) is 5.96. The molecule has 1 heterocycles. The summed E-state index contributed by atoms with van der Waals surface area (Å²) in [6, 6.07) is 7.28. The topological polar surface area (TPSA) is 83.3 Å². The van der Waals surface area contributed by atoms with E-state index in [0.717, 1.165) is 17.7 Å². The van der Waals surface area contributed by atoms with Gasteiger partial charge in [0.2, 0.25) is 0 Å². The van der Waals surface area contributed by atoms with E-state index in [1.165, 1.54) is 0 Å². The van der Waals surface area contributed by atoms with Crippen LogP contribution in [0.5, 0.6) is 0 Å². The number of hydrogen-bond acceptors (Lipinski definition) is 6. The van der Waals surface area contributed by atoms with Crippen molar-refractivity contribution in [2.45, 2.75) is 72.3 Å². The maximum atomic E-state index is 13.3. The van der Waals surface area contributed by atoms with Crippen LogP contribution in [0.2, 0.25) is 0 Å². The molecule has 1 saturated carbocycles. The third kappa shape index (κ3) is 4.60. The maximum Gasteiger partial charge on any atom is 0.339 e. The van der Waals surface area contributed by atoms with E-state index in [0.29, 0.717) is 30.3 Å². The monoisotopic (exact) mass is 401 g/mol. The van der Waals surface area contributed by atoms with E-state index in [1.807, 2.05) is 46.8 Å². The number of rotatable bonds is 6. The van der Waals surface area contributed by atoms with Crippen LogP contribution in [0.3, 0.4) is 0 Å². The minimum absolute atomic E-state index is 0.222. The number of carbonyl (C=O) groups excluding carboxylic acids is 2. The molecule has 1 atom stereocenters. The van der Waals surface area contributed by atoms with Crippen LogP contribution < -0.4 is 4.84 Å². The summed E-state index contributed by atoms with van der Waals surface area (Å²) in [6.07, 6.45) is 3.60. The van der Waals surface area contributed by atoms with Crippen LogP contribution >= 0.6 is 0 Å². The molecule has 7 heteroatoms. The summed E-state index contributed by atoms with van der Waals surface area (Å²) in [7, 11) is 0. The van der Waals surface area contributed by atoms with Crippen molar-refractivity contribution < 1.29 is 19.2 Å². The van der Waals surface area contributed by atoms with Gasteiger partial charge < -0.3 is 9.57 Å². The molecule has 158 valence electrons. The Labute approximate surface area is 171 Å². The van der Waals surface area contributed by atoms with Crippen molar-refractivity contribution >= 4 is 23.0 Å². The van der Waals surface area contributed by atoms with Gasteiger partial charge in [-0.15, -0.1) is 5.10 Å². The number of fused-ring (bicyclic) bond motifs is 1. The highest BCUT2D eigenvalue weighted by atomic mass is 16.7. The smallest absolute Gasteiger partial charge is 0.339 e. The van der Waals surface area contributed by atoms with Crippen molar-refractivity contribution in [2.75, 3.05) is 0 Å². The van der Waals surface area contributed by atoms with Crippen LogP contribution in [0, 0.1) is 17.3 Å². The third-order valence-electron chi connectivity index (χ3n) is 5.46. The molecule has 3 rings (SSSR count). The first-order chi connectivity index (χ1) is 13.6. The van der Waals surface area contributed by atoms with Crippen molar-refractivity contribution in [3.63, 3.8) is 0 Å². The van der Waals surface area contributed by atoms with Gasteiger partial charge in [-0.05, 0) is 63.3 Å². The molecule has 2 aromatic rings. The fourth-order valence-corrected chi connectivity index (χ4v) is 4.16. The van der Waals surface area contributed by atoms with Gasteiger partial charge in [0.1, 0.15) is 16.6 Å². The van der Waals surface area contributed by atoms with E-state index < -0.39 is 22.9 Å². The molecular formula is C22H31N3O4. The third-order valence-corrected chi connectivity index (χ3v) is 5.46. The van der Waals surface area contributed by atoms with Gasteiger partial charge in [-0.25, -0.2) is 4.79 Å². The molecular weight excluding hydrogens is 370 g/mol. The minimum atomic E-state index is -0.856. The Hall–Kier alpha value is -2.44. The van der Waals surface area contributed by atoms with Gasteiger partial charge in [0, 0.05) is 0 Å². The summed E-state index contributed by atoms with van der Waals surface area (Å²) in [4.78, 5) is 33.4. The summed E-state index contributed by atoms with van der Waals surface area (Å²) in [6.45, 7) is 9.65. The lowest BCUT2D eigenvalue weighted by atomic mass is 9.70. The van der Waals surface area contributed by atoms with E-state index in [-0.39, 0.29) is 11.9 Å². The molecule has 29 heavy (non-hydrogen) atoms. The summed E-state index contributed by atoms with van der Waals surface area (Å²) < 4.78 is 5.76. The maximum absolute atomic E-state index is 13.3. The van der Waals surface area contributed by atoms with Crippen molar-refractivity contribution in [3.05, 3.63) is 24.3 Å². The summed E-state index contributed by atoms with van der Waals surface area (Å²) in [5.74, 6) is -1.13. The van der Waals surface area contributed by atoms with Crippen LogP contribution in [-0.4, -0.2) is 32.7 Å². The van der Waals surface area contributed by atoms with Gasteiger partial charge in [-0.1, -0.05) is 43.7 Å². The number of ether oxygens (including phenoxy) is 1. The zero-order valence-corrected chi connectivity index (χ0v) is 18.0. The zero-order chi connectivity index (χ0) is 21.2. The van der Waals surface area contributed by atoms with E-state index in [2.05, 4.69) is 10.3 Å². The molecule has 0 unspecified atom stereocenters. The van der Waals surface area contributed by atoms with Gasteiger partial charge in [0.05, 0.1) is 11.3 Å². The first-order valence-electron chi connectivity index (χ1n) is 10.4. The van der Waals surface area contributed by atoms with Gasteiger partial charge in [0.15, 0.2) is 0 Å². The molecule has 1 aliphatic rings. The number of hydrogen-bond donors (Lipinski definition) is 0. The first kappa shape index (κ1) is 21.3. The lowest BCUT2D eigenvalue weighted by Crippen LogP contribution is -2.47. The van der Waals surface area contributed by atoms with E-state index in [4.69, 9.17) is 9.57 Å². The van der Waals surface area contributed by atoms with Crippen molar-refractivity contribution in [1.29, 1.82) is 0 Å². The molecule has 1 aromatic heterocycles. The van der Waals surface area contributed by atoms with Crippen LogP contribution in [0.1, 0.15) is 66.7 Å². The largest absolute Gasteiger partial charge is 0.460 e. The molecule has 0 spiro atoms. The number of para-hydroxylation sites is 1. The fraction of sp³-hybridized carbons (Fsp3) is 0.636. The molecule has 0 bridgehead atoms. The van der Waals surface area contributed by atoms with Gasteiger partial charge in [0.25, 0.3) is 0 Å². The number of carbonyl (C=O) groups is 2. The average molecular weight is 402 g/mol. The number of benzene rings is 1. The molecule has 0 saturated heterocycles. The van der Waals surface area contributed by atoms with Crippen molar-refractivity contribution in [2.24, 2.45) is 17.3 Å². The van der Waals surface area contributed by atoms with Gasteiger partial charge in [-0.2, -0.15) is 0 Å². The SMILES string of the molecule is CC(C)C[C@@H](C(=O)On1nnc2ccccc21)C1(C(=O)OC(C)(C)C)CCCC1. The van der Waals surface area contributed by atoms with E-state index >= 15 is 0 Å². The van der Waals surface area contributed by atoms with Crippen molar-refractivity contribution in [1.82, 2.24) is 15.2 Å². The Balaban J connectivity index is 1.92. The normalized spacial score (nSPS) is 17.4. The highest BCUT2D eigenvalue weighted by Crippen LogP contribution is 2.48. The second-order valence-corrected chi connectivity index (χ2v) is 9.41. The second-order valence-electron chi connectivity index (χ2n) is 9.41. The summed E-state index contributed by atoms with van der Waals surface area (Å²) in [5, 5.41) is 7.99. The van der Waals surface area contributed by atoms with E-state index in [9.17, 15) is 9.59 Å². The molecule has 1 aliphatic carbocycles. The van der Waals surface area contributed by atoms with Crippen LogP contribution in [0.4, 0.5) is 0 Å². The standard InChI is InChI=1S/C22H31N3O4/c1-15(2)14-16(22(12-8-9-13-22)20(27)28-21(3,4)5)19(26)29-25-18-11-7-6-10-17(18)23-24-25/h6-7,10-11,15-16H,8-9,12-14H2,1-5H3/t16-/m0/s1. The number of esters is 1. The molecule has 0 amide bonds. The second kappa shape index (κ2) is 8.13. The molecule has 1 fully saturated rings. The van der Waals surface area contributed by atoms with Crippen molar-refractivity contribution in [3.8, 4) is 0 Å². The minimum Gasteiger partial charge on any atom is -0.460 e. The van der Waals surface area contributed by atoms with Gasteiger partial charge in [-0.3, -0.25) is 4.79 Å². The Morgan fingerprint density at radius 3 is 2.45 bits per heavy atom. The Morgan fingerprint density at radius 2 is 1.83 bits per heavy atom. The molecule has 1 aromatic carbocycles. The Morgan fingerprint density at radius 1 is 1.17 bits per heavy atom. The molecule has 7 nitrogen and oxygen atoms in total. The lowest BCUT2D eigenvalue weighted by Gasteiger charge is -2.36. The number of nitrogens with zero attached hydrogens (tertiary/aromatic N) is 3. The summed E-state index contributed by atoms with van der Waals surface area (Å²) in [5.41, 5.74) is -0.211. The van der Waals surface area contributed by atoms with Crippen LogP contribution in [0.15, 0.2) is 24.3 Å². The molecule has 0 radical (unpaired) electrons. The molecule has 0 aliphatic heterocycles. The number of aromatic nitrogens is 3. The zero-order valence-electron chi connectivity index (χ0n) is 18.0. The van der Waals surface area contributed by atoms with Gasteiger partial charge >= 0.3 is 11.9 Å². The van der Waals surface area contributed by atoms with Crippen LogP contribution in [0.25, 0.3) is 11.0 Å². The highest BCUT2D eigenvalue weighted by Gasteiger charge is 2.53. The highest BCUT2D eigenvalue weighted by molar-refractivity contribution is 5.86. The lowest BCUT2D eigenvalue weighted by molar-refractivity contribution is -0.179. The Bertz CT molecular complexity index is 876. The van der Waals surface area contributed by atoms with Crippen LogP contribution in [-0.2, 0) is 14.3 Å². The fourth-order valence-electron chi connectivity index (χ4n) is 4.16. The average Bonchev–Trinajstić information content (AvgIpc) is 3.26. The summed E-state index contributed by atoms with van der Waals surface area (Å²) >= 11 is 0. The molecule has 0 N–H and O–H groups in total. The first-order valence-corrected chi connectivity index (χ1v) is 10.4. The predicted molar refractivity (Wildman–Crippen MR) is 109 cm³/mol. The quantitative estimate of drug-likeness (QED) is 0.538. The predicted octanol–water partition coefficient (Wildman–Crippen LogP) is 3.95. The van der Waals surface area contributed by atoms with E-state index in [1.54, 1.807) is 12.1 Å².